The molecule has 0 atom stereocenters. The Morgan fingerprint density at radius 3 is 2.48 bits per heavy atom. The lowest BCUT2D eigenvalue weighted by Gasteiger charge is -2.27. The van der Waals surface area contributed by atoms with Crippen molar-refractivity contribution < 1.29 is 9.59 Å². The van der Waals surface area contributed by atoms with E-state index in [1.165, 1.54) is 0 Å². The van der Waals surface area contributed by atoms with E-state index in [1.807, 2.05) is 35.2 Å². The minimum Gasteiger partial charge on any atom is -0.375 e. The van der Waals surface area contributed by atoms with Crippen LogP contribution in [0.1, 0.15) is 29.6 Å². The standard InChI is InChI=1S/C21H24ClN3O2/c1-24(17-8-4-2-5-9-17)20(26)15-23-19-14-16(22)10-11-18(19)21(27)25-12-6-3-7-13-25/h2,4-5,8-11,14,23H,3,6-7,12-13,15H2,1H3. The summed E-state index contributed by atoms with van der Waals surface area (Å²) < 4.78 is 0. The lowest BCUT2D eigenvalue weighted by atomic mass is 10.1. The van der Waals surface area contributed by atoms with Gasteiger partial charge in [0.15, 0.2) is 0 Å². The molecule has 0 bridgehead atoms. The Hall–Kier alpha value is -2.53. The summed E-state index contributed by atoms with van der Waals surface area (Å²) in [6.07, 6.45) is 3.22. The normalized spacial score (nSPS) is 13.9. The van der Waals surface area contributed by atoms with Gasteiger partial charge in [-0.1, -0.05) is 29.8 Å². The number of rotatable bonds is 5. The first-order valence-corrected chi connectivity index (χ1v) is 9.58. The molecular weight excluding hydrogens is 362 g/mol. The Morgan fingerprint density at radius 2 is 1.78 bits per heavy atom. The number of hydrogen-bond acceptors (Lipinski definition) is 3. The summed E-state index contributed by atoms with van der Waals surface area (Å²) in [5.74, 6) is -0.115. The summed E-state index contributed by atoms with van der Waals surface area (Å²) in [5.41, 5.74) is 1.96. The Morgan fingerprint density at radius 1 is 1.07 bits per heavy atom. The third-order valence-corrected chi connectivity index (χ3v) is 5.04. The number of carbonyl (C=O) groups excluding carboxylic acids is 2. The van der Waals surface area contributed by atoms with Gasteiger partial charge in [0.05, 0.1) is 12.1 Å². The maximum Gasteiger partial charge on any atom is 0.255 e. The van der Waals surface area contributed by atoms with Gasteiger partial charge >= 0.3 is 0 Å². The quantitative estimate of drug-likeness (QED) is 0.845. The molecule has 1 heterocycles. The third kappa shape index (κ3) is 4.80. The van der Waals surface area contributed by atoms with Gasteiger partial charge in [0.25, 0.3) is 5.91 Å². The predicted molar refractivity (Wildman–Crippen MR) is 110 cm³/mol. The lowest BCUT2D eigenvalue weighted by molar-refractivity contribution is -0.116. The van der Waals surface area contributed by atoms with Gasteiger partial charge in [-0.25, -0.2) is 0 Å². The van der Waals surface area contributed by atoms with E-state index in [4.69, 9.17) is 11.6 Å². The summed E-state index contributed by atoms with van der Waals surface area (Å²) >= 11 is 6.12. The van der Waals surface area contributed by atoms with Gasteiger partial charge in [-0.15, -0.1) is 0 Å². The molecule has 0 spiro atoms. The van der Waals surface area contributed by atoms with Crippen LogP contribution in [0.2, 0.25) is 5.02 Å². The smallest absolute Gasteiger partial charge is 0.255 e. The van der Waals surface area contributed by atoms with E-state index in [1.54, 1.807) is 30.1 Å². The molecule has 1 N–H and O–H groups in total. The van der Waals surface area contributed by atoms with Crippen LogP contribution in [0.15, 0.2) is 48.5 Å². The number of halogens is 1. The second-order valence-electron chi connectivity index (χ2n) is 6.68. The second kappa shape index (κ2) is 8.91. The van der Waals surface area contributed by atoms with Crippen molar-refractivity contribution in [3.63, 3.8) is 0 Å². The minimum absolute atomic E-state index is 0.0160. The van der Waals surface area contributed by atoms with E-state index in [9.17, 15) is 9.59 Å². The Labute approximate surface area is 164 Å². The van der Waals surface area contributed by atoms with Crippen molar-refractivity contribution in [2.24, 2.45) is 0 Å². The summed E-state index contributed by atoms with van der Waals surface area (Å²) in [4.78, 5) is 28.9. The Kier molecular flexibility index (Phi) is 6.35. The summed E-state index contributed by atoms with van der Waals surface area (Å²) in [6.45, 7) is 1.62. The first-order valence-electron chi connectivity index (χ1n) is 9.20. The van der Waals surface area contributed by atoms with Crippen molar-refractivity contribution in [2.45, 2.75) is 19.3 Å². The molecule has 3 rings (SSSR count). The van der Waals surface area contributed by atoms with Crippen molar-refractivity contribution in [3.05, 3.63) is 59.1 Å². The third-order valence-electron chi connectivity index (χ3n) is 4.80. The molecule has 0 saturated carbocycles. The lowest BCUT2D eigenvalue weighted by Crippen LogP contribution is -2.36. The van der Waals surface area contributed by atoms with Crippen LogP contribution >= 0.6 is 11.6 Å². The van der Waals surface area contributed by atoms with Crippen LogP contribution in [0.25, 0.3) is 0 Å². The zero-order chi connectivity index (χ0) is 19.2. The molecule has 0 aromatic heterocycles. The molecule has 1 fully saturated rings. The van der Waals surface area contributed by atoms with E-state index >= 15 is 0 Å². The summed E-state index contributed by atoms with van der Waals surface area (Å²) in [5, 5.41) is 3.63. The van der Waals surface area contributed by atoms with Crippen LogP contribution in [0, 0.1) is 0 Å². The van der Waals surface area contributed by atoms with E-state index in [0.717, 1.165) is 38.0 Å². The maximum absolute atomic E-state index is 12.9. The van der Waals surface area contributed by atoms with Gasteiger partial charge in [0.2, 0.25) is 5.91 Å². The van der Waals surface area contributed by atoms with Crippen LogP contribution in [0.4, 0.5) is 11.4 Å². The number of benzene rings is 2. The van der Waals surface area contributed by atoms with Crippen LogP contribution in [-0.2, 0) is 4.79 Å². The average Bonchev–Trinajstić information content (AvgIpc) is 2.72. The Balaban J connectivity index is 1.71. The van der Waals surface area contributed by atoms with E-state index in [-0.39, 0.29) is 18.4 Å². The van der Waals surface area contributed by atoms with Gasteiger partial charge in [-0.05, 0) is 49.6 Å². The molecule has 1 saturated heterocycles. The molecule has 1 aliphatic heterocycles. The van der Waals surface area contributed by atoms with Crippen molar-refractivity contribution in [1.82, 2.24) is 4.90 Å². The number of amides is 2. The molecule has 6 heteroatoms. The van der Waals surface area contributed by atoms with E-state index in [0.29, 0.717) is 16.3 Å². The monoisotopic (exact) mass is 385 g/mol. The number of piperidine rings is 1. The summed E-state index contributed by atoms with van der Waals surface area (Å²) in [7, 11) is 1.73. The van der Waals surface area contributed by atoms with Gasteiger partial charge in [-0.3, -0.25) is 9.59 Å². The molecule has 2 aromatic carbocycles. The van der Waals surface area contributed by atoms with Crippen molar-refractivity contribution >= 4 is 34.8 Å². The second-order valence-corrected chi connectivity index (χ2v) is 7.12. The van der Waals surface area contributed by atoms with Crippen LogP contribution in [-0.4, -0.2) is 43.4 Å². The first kappa shape index (κ1) is 19.2. The van der Waals surface area contributed by atoms with Crippen molar-refractivity contribution in [3.8, 4) is 0 Å². The molecule has 2 aromatic rings. The van der Waals surface area contributed by atoms with Crippen LogP contribution in [0.5, 0.6) is 0 Å². The molecule has 0 aliphatic carbocycles. The number of anilines is 2. The first-order chi connectivity index (χ1) is 13.1. The van der Waals surface area contributed by atoms with Gasteiger partial charge in [0.1, 0.15) is 0 Å². The zero-order valence-corrected chi connectivity index (χ0v) is 16.2. The molecular formula is C21H24ClN3O2. The average molecular weight is 386 g/mol. The number of carbonyl (C=O) groups is 2. The Bertz CT molecular complexity index is 804. The highest BCUT2D eigenvalue weighted by Gasteiger charge is 2.21. The molecule has 27 heavy (non-hydrogen) atoms. The predicted octanol–water partition coefficient (Wildman–Crippen LogP) is 4.04. The van der Waals surface area contributed by atoms with Crippen molar-refractivity contribution in [2.75, 3.05) is 36.9 Å². The fourth-order valence-electron chi connectivity index (χ4n) is 3.20. The molecule has 5 nitrogen and oxygen atoms in total. The largest absolute Gasteiger partial charge is 0.375 e. The van der Waals surface area contributed by atoms with Crippen molar-refractivity contribution in [1.29, 1.82) is 0 Å². The highest BCUT2D eigenvalue weighted by atomic mass is 35.5. The topological polar surface area (TPSA) is 52.7 Å². The number of likely N-dealkylation sites (N-methyl/N-ethyl adjacent to an activating group) is 1. The van der Waals surface area contributed by atoms with E-state index in [2.05, 4.69) is 5.32 Å². The van der Waals surface area contributed by atoms with Crippen LogP contribution in [0.3, 0.4) is 0 Å². The van der Waals surface area contributed by atoms with Gasteiger partial charge < -0.3 is 15.1 Å². The number of nitrogens with zero attached hydrogens (tertiary/aromatic N) is 2. The minimum atomic E-state index is -0.0995. The summed E-state index contributed by atoms with van der Waals surface area (Å²) in [6, 6.07) is 14.6. The van der Waals surface area contributed by atoms with Gasteiger partial charge in [0, 0.05) is 36.5 Å². The molecule has 2 amide bonds. The molecule has 1 aliphatic rings. The number of hydrogen-bond donors (Lipinski definition) is 1. The highest BCUT2D eigenvalue weighted by Crippen LogP contribution is 2.24. The SMILES string of the molecule is CN(C(=O)CNc1cc(Cl)ccc1C(=O)N1CCCCC1)c1ccccc1. The molecule has 0 radical (unpaired) electrons. The zero-order valence-electron chi connectivity index (χ0n) is 15.5. The van der Waals surface area contributed by atoms with E-state index < -0.39 is 0 Å². The number of para-hydroxylation sites is 1. The molecule has 142 valence electrons. The molecule has 0 unspecified atom stereocenters. The maximum atomic E-state index is 12.9. The van der Waals surface area contributed by atoms with Crippen LogP contribution < -0.4 is 10.2 Å². The fourth-order valence-corrected chi connectivity index (χ4v) is 3.37. The number of likely N-dealkylation sites (tertiary alicyclic amines) is 1. The highest BCUT2D eigenvalue weighted by molar-refractivity contribution is 6.31. The van der Waals surface area contributed by atoms with Gasteiger partial charge in [-0.2, -0.15) is 0 Å². The fraction of sp³-hybridized carbons (Fsp3) is 0.333. The number of nitrogens with one attached hydrogen (secondary N) is 1.